The summed E-state index contributed by atoms with van der Waals surface area (Å²) in [6.45, 7) is 2.01. The maximum Gasteiger partial charge on any atom is 0.102 e. The molecule has 0 heterocycles. The van der Waals surface area contributed by atoms with Gasteiger partial charge in [-0.2, -0.15) is 0 Å². The van der Waals surface area contributed by atoms with E-state index in [1.54, 1.807) is 0 Å². The second kappa shape index (κ2) is 2.32. The van der Waals surface area contributed by atoms with Gasteiger partial charge in [-0.1, -0.05) is 37.1 Å². The molecule has 0 aromatic heterocycles. The number of terminal acetylenes is 1. The van der Waals surface area contributed by atoms with E-state index in [0.717, 1.165) is 0 Å². The first-order valence-corrected chi connectivity index (χ1v) is 3.32. The third-order valence-electron chi connectivity index (χ3n) is 1.89. The fourth-order valence-corrected chi connectivity index (χ4v) is 0.936. The van der Waals surface area contributed by atoms with Crippen molar-refractivity contribution >= 4 is 0 Å². The standard InChI is InChI=1S/C9H11N/c1-3-9(10)7-5-4-6-8(9)2/h1,4-8H,10H2,2H3. The zero-order valence-electron chi connectivity index (χ0n) is 6.04. The summed E-state index contributed by atoms with van der Waals surface area (Å²) in [6.07, 6.45) is 13.0. The maximum absolute atomic E-state index is 5.83. The van der Waals surface area contributed by atoms with Crippen molar-refractivity contribution in [3.63, 3.8) is 0 Å². The normalized spacial score (nSPS) is 37.5. The molecule has 0 radical (unpaired) electrons. The lowest BCUT2D eigenvalue weighted by Crippen LogP contribution is -2.42. The molecule has 2 N–H and O–H groups in total. The molecule has 0 aliphatic heterocycles. The average Bonchev–Trinajstić information content (AvgIpc) is 1.96. The number of rotatable bonds is 0. The second-order valence-corrected chi connectivity index (χ2v) is 2.61. The van der Waals surface area contributed by atoms with Crippen molar-refractivity contribution in [2.75, 3.05) is 0 Å². The molecule has 0 amide bonds. The van der Waals surface area contributed by atoms with Crippen LogP contribution in [0.3, 0.4) is 0 Å². The highest BCUT2D eigenvalue weighted by atomic mass is 14.7. The molecule has 0 fully saturated rings. The van der Waals surface area contributed by atoms with Crippen LogP contribution in [-0.2, 0) is 0 Å². The number of nitrogens with two attached hydrogens (primary N) is 1. The second-order valence-electron chi connectivity index (χ2n) is 2.61. The Balaban J connectivity index is 2.91. The Bertz CT molecular complexity index is 219. The first-order valence-electron chi connectivity index (χ1n) is 3.32. The molecule has 1 rings (SSSR count). The van der Waals surface area contributed by atoms with Gasteiger partial charge in [0.2, 0.25) is 0 Å². The van der Waals surface area contributed by atoms with Gasteiger partial charge in [-0.25, -0.2) is 0 Å². The van der Waals surface area contributed by atoms with Crippen molar-refractivity contribution in [2.45, 2.75) is 12.5 Å². The molecular weight excluding hydrogens is 122 g/mol. The van der Waals surface area contributed by atoms with E-state index in [9.17, 15) is 0 Å². The molecule has 0 spiro atoms. The van der Waals surface area contributed by atoms with Gasteiger partial charge in [0.1, 0.15) is 5.54 Å². The fraction of sp³-hybridized carbons (Fsp3) is 0.333. The Labute approximate surface area is 61.6 Å². The molecule has 0 aromatic carbocycles. The molecule has 1 heteroatoms. The smallest absolute Gasteiger partial charge is 0.102 e. The van der Waals surface area contributed by atoms with Gasteiger partial charge in [0, 0.05) is 5.92 Å². The Kier molecular flexibility index (Phi) is 1.65. The highest BCUT2D eigenvalue weighted by Gasteiger charge is 2.25. The van der Waals surface area contributed by atoms with Gasteiger partial charge in [0.05, 0.1) is 0 Å². The van der Waals surface area contributed by atoms with Crippen LogP contribution in [0, 0.1) is 18.3 Å². The Morgan fingerprint density at radius 3 is 2.70 bits per heavy atom. The summed E-state index contributed by atoms with van der Waals surface area (Å²) in [4.78, 5) is 0. The van der Waals surface area contributed by atoms with E-state index in [4.69, 9.17) is 12.2 Å². The van der Waals surface area contributed by atoms with Crippen LogP contribution in [0.5, 0.6) is 0 Å². The van der Waals surface area contributed by atoms with Crippen LogP contribution in [0.1, 0.15) is 6.92 Å². The molecule has 0 bridgehead atoms. The predicted octanol–water partition coefficient (Wildman–Crippen LogP) is 1.08. The van der Waals surface area contributed by atoms with Gasteiger partial charge in [0.15, 0.2) is 0 Å². The molecule has 0 saturated heterocycles. The summed E-state index contributed by atoms with van der Waals surface area (Å²) in [7, 11) is 0. The SMILES string of the molecule is C#CC1(N)C=CC=CC1C. The summed E-state index contributed by atoms with van der Waals surface area (Å²) in [5.74, 6) is 2.81. The van der Waals surface area contributed by atoms with Crippen LogP contribution in [0.25, 0.3) is 0 Å². The molecule has 2 unspecified atom stereocenters. The summed E-state index contributed by atoms with van der Waals surface area (Å²) >= 11 is 0. The third kappa shape index (κ3) is 0.984. The first-order chi connectivity index (χ1) is 4.69. The summed E-state index contributed by atoms with van der Waals surface area (Å²) in [6, 6.07) is 0. The Morgan fingerprint density at radius 2 is 2.30 bits per heavy atom. The topological polar surface area (TPSA) is 26.0 Å². The highest BCUT2D eigenvalue weighted by molar-refractivity contribution is 5.32. The maximum atomic E-state index is 5.83. The molecule has 2 atom stereocenters. The van der Waals surface area contributed by atoms with E-state index in [2.05, 4.69) is 5.92 Å². The van der Waals surface area contributed by atoms with Crippen LogP contribution < -0.4 is 5.73 Å². The lowest BCUT2D eigenvalue weighted by atomic mass is 9.84. The summed E-state index contributed by atoms with van der Waals surface area (Å²) < 4.78 is 0. The van der Waals surface area contributed by atoms with Crippen molar-refractivity contribution in [3.8, 4) is 12.3 Å². The van der Waals surface area contributed by atoms with Crippen molar-refractivity contribution in [1.82, 2.24) is 0 Å². The Morgan fingerprint density at radius 1 is 1.60 bits per heavy atom. The molecule has 0 saturated carbocycles. The van der Waals surface area contributed by atoms with E-state index >= 15 is 0 Å². The zero-order valence-corrected chi connectivity index (χ0v) is 6.04. The molecule has 0 aromatic rings. The van der Waals surface area contributed by atoms with Crippen molar-refractivity contribution < 1.29 is 0 Å². The van der Waals surface area contributed by atoms with Crippen molar-refractivity contribution in [2.24, 2.45) is 11.7 Å². The van der Waals surface area contributed by atoms with Gasteiger partial charge in [-0.15, -0.1) is 6.42 Å². The average molecular weight is 133 g/mol. The summed E-state index contributed by atoms with van der Waals surface area (Å²) in [5.41, 5.74) is 5.27. The van der Waals surface area contributed by atoms with E-state index in [1.165, 1.54) is 0 Å². The lowest BCUT2D eigenvalue weighted by molar-refractivity contribution is 0.524. The van der Waals surface area contributed by atoms with Crippen LogP contribution in [0.4, 0.5) is 0 Å². The zero-order chi connectivity index (χ0) is 7.61. The van der Waals surface area contributed by atoms with E-state index in [1.807, 2.05) is 31.2 Å². The lowest BCUT2D eigenvalue weighted by Gasteiger charge is -2.26. The van der Waals surface area contributed by atoms with Gasteiger partial charge < -0.3 is 5.73 Å². The Hall–Kier alpha value is -1.00. The summed E-state index contributed by atoms with van der Waals surface area (Å²) in [5, 5.41) is 0. The number of hydrogen-bond donors (Lipinski definition) is 1. The van der Waals surface area contributed by atoms with Crippen molar-refractivity contribution in [3.05, 3.63) is 24.3 Å². The van der Waals surface area contributed by atoms with E-state index < -0.39 is 5.54 Å². The van der Waals surface area contributed by atoms with Crippen LogP contribution >= 0.6 is 0 Å². The quantitative estimate of drug-likeness (QED) is 0.492. The molecule has 1 aliphatic carbocycles. The molecule has 1 aliphatic rings. The first kappa shape index (κ1) is 7.11. The minimum atomic E-state index is -0.561. The molecule has 1 nitrogen and oxygen atoms in total. The van der Waals surface area contributed by atoms with E-state index in [-0.39, 0.29) is 5.92 Å². The number of allylic oxidation sites excluding steroid dienone is 2. The molecular formula is C9H11N. The minimum absolute atomic E-state index is 0.238. The van der Waals surface area contributed by atoms with Crippen LogP contribution in [0.2, 0.25) is 0 Å². The third-order valence-corrected chi connectivity index (χ3v) is 1.89. The monoisotopic (exact) mass is 133 g/mol. The predicted molar refractivity (Wildman–Crippen MR) is 43.2 cm³/mol. The van der Waals surface area contributed by atoms with Gasteiger partial charge in [0.25, 0.3) is 0 Å². The van der Waals surface area contributed by atoms with Crippen LogP contribution in [0.15, 0.2) is 24.3 Å². The number of hydrogen-bond acceptors (Lipinski definition) is 1. The van der Waals surface area contributed by atoms with Gasteiger partial charge >= 0.3 is 0 Å². The van der Waals surface area contributed by atoms with Crippen LogP contribution in [-0.4, -0.2) is 5.54 Å². The fourth-order valence-electron chi connectivity index (χ4n) is 0.936. The van der Waals surface area contributed by atoms with Crippen molar-refractivity contribution in [1.29, 1.82) is 0 Å². The molecule has 52 valence electrons. The minimum Gasteiger partial charge on any atom is -0.311 e. The highest BCUT2D eigenvalue weighted by Crippen LogP contribution is 2.19. The van der Waals surface area contributed by atoms with Gasteiger partial charge in [-0.3, -0.25) is 0 Å². The van der Waals surface area contributed by atoms with E-state index in [0.29, 0.717) is 0 Å². The molecule has 10 heavy (non-hydrogen) atoms. The largest absolute Gasteiger partial charge is 0.311 e. The van der Waals surface area contributed by atoms with Gasteiger partial charge in [-0.05, 0) is 0 Å².